The van der Waals surface area contributed by atoms with Gasteiger partial charge in [0.2, 0.25) is 0 Å². The van der Waals surface area contributed by atoms with Crippen molar-refractivity contribution in [3.8, 4) is 0 Å². The second kappa shape index (κ2) is 3.91. The number of aromatic nitrogens is 2. The first-order chi connectivity index (χ1) is 7.36. The number of nitrogens with zero attached hydrogens (tertiary/aromatic N) is 2. The SMILES string of the molecule is Brc1cnc(C2CC2)n1C1CCCNC1. The number of hydrogen-bond donors (Lipinski definition) is 1. The van der Waals surface area contributed by atoms with Crippen molar-refractivity contribution in [2.45, 2.75) is 37.6 Å². The van der Waals surface area contributed by atoms with Gasteiger partial charge >= 0.3 is 0 Å². The van der Waals surface area contributed by atoms with E-state index in [0.717, 1.165) is 17.1 Å². The minimum atomic E-state index is 0.603. The standard InChI is InChI=1S/C11H16BrN3/c12-10-7-14-11(8-3-4-8)15(10)9-2-1-5-13-6-9/h7-9,13H,1-6H2. The Kier molecular flexibility index (Phi) is 2.56. The van der Waals surface area contributed by atoms with Gasteiger partial charge in [0.05, 0.1) is 6.20 Å². The minimum absolute atomic E-state index is 0.603. The van der Waals surface area contributed by atoms with E-state index in [0.29, 0.717) is 6.04 Å². The molecule has 0 spiro atoms. The second-order valence-electron chi connectivity index (χ2n) is 4.58. The molecule has 1 unspecified atom stereocenters. The van der Waals surface area contributed by atoms with Crippen LogP contribution in [-0.2, 0) is 0 Å². The van der Waals surface area contributed by atoms with Crippen LogP contribution in [0.4, 0.5) is 0 Å². The van der Waals surface area contributed by atoms with Gasteiger partial charge in [-0.05, 0) is 48.2 Å². The summed E-state index contributed by atoms with van der Waals surface area (Å²) in [6.45, 7) is 2.26. The molecule has 1 N–H and O–H groups in total. The molecule has 0 aromatic carbocycles. The zero-order valence-corrected chi connectivity index (χ0v) is 10.3. The van der Waals surface area contributed by atoms with Gasteiger partial charge in [-0.2, -0.15) is 0 Å². The molecule has 1 saturated carbocycles. The smallest absolute Gasteiger partial charge is 0.112 e. The van der Waals surface area contributed by atoms with Gasteiger partial charge < -0.3 is 9.88 Å². The fourth-order valence-corrected chi connectivity index (χ4v) is 2.99. The van der Waals surface area contributed by atoms with Crippen LogP contribution < -0.4 is 5.32 Å². The first-order valence-electron chi connectivity index (χ1n) is 5.79. The maximum Gasteiger partial charge on any atom is 0.112 e. The molecular weight excluding hydrogens is 254 g/mol. The molecule has 0 radical (unpaired) electrons. The maximum absolute atomic E-state index is 4.54. The molecule has 0 amide bonds. The number of piperidine rings is 1. The Labute approximate surface area is 98.4 Å². The molecule has 1 aliphatic carbocycles. The largest absolute Gasteiger partial charge is 0.318 e. The lowest BCUT2D eigenvalue weighted by Gasteiger charge is -2.26. The Morgan fingerprint density at radius 3 is 2.93 bits per heavy atom. The van der Waals surface area contributed by atoms with E-state index in [1.807, 2.05) is 6.20 Å². The Hall–Kier alpha value is -0.350. The van der Waals surface area contributed by atoms with Crippen LogP contribution in [0.25, 0.3) is 0 Å². The topological polar surface area (TPSA) is 29.9 Å². The molecule has 3 nitrogen and oxygen atoms in total. The molecule has 3 rings (SSSR count). The van der Waals surface area contributed by atoms with Crippen LogP contribution in [0.3, 0.4) is 0 Å². The van der Waals surface area contributed by atoms with Crippen LogP contribution in [0, 0.1) is 0 Å². The highest BCUT2D eigenvalue weighted by Gasteiger charge is 2.31. The summed E-state index contributed by atoms with van der Waals surface area (Å²) in [5, 5.41) is 3.47. The van der Waals surface area contributed by atoms with Crippen LogP contribution in [0.1, 0.15) is 43.5 Å². The van der Waals surface area contributed by atoms with Crippen LogP contribution in [0.2, 0.25) is 0 Å². The van der Waals surface area contributed by atoms with Crippen LogP contribution in [0.15, 0.2) is 10.8 Å². The monoisotopic (exact) mass is 269 g/mol. The lowest BCUT2D eigenvalue weighted by atomic mass is 10.1. The molecule has 4 heteroatoms. The normalized spacial score (nSPS) is 26.9. The van der Waals surface area contributed by atoms with Crippen molar-refractivity contribution >= 4 is 15.9 Å². The van der Waals surface area contributed by atoms with Gasteiger partial charge in [-0.25, -0.2) is 4.98 Å². The summed E-state index contributed by atoms with van der Waals surface area (Å²) in [5.74, 6) is 2.04. The fraction of sp³-hybridized carbons (Fsp3) is 0.727. The zero-order chi connectivity index (χ0) is 10.3. The van der Waals surface area contributed by atoms with Gasteiger partial charge in [-0.15, -0.1) is 0 Å². The molecule has 1 aromatic heterocycles. The summed E-state index contributed by atoms with van der Waals surface area (Å²) in [6.07, 6.45) is 7.16. The quantitative estimate of drug-likeness (QED) is 0.894. The summed E-state index contributed by atoms with van der Waals surface area (Å²) in [7, 11) is 0. The molecule has 1 aliphatic heterocycles. The van der Waals surface area contributed by atoms with Gasteiger partial charge in [0, 0.05) is 18.5 Å². The van der Waals surface area contributed by atoms with Crippen LogP contribution in [-0.4, -0.2) is 22.6 Å². The molecular formula is C11H16BrN3. The maximum atomic E-state index is 4.54. The summed E-state index contributed by atoms with van der Waals surface area (Å²) in [5.41, 5.74) is 0. The lowest BCUT2D eigenvalue weighted by molar-refractivity contribution is 0.359. The number of imidazole rings is 1. The third kappa shape index (κ3) is 1.85. The predicted octanol–water partition coefficient (Wildman–Crippen LogP) is 2.45. The average Bonchev–Trinajstić information content (AvgIpc) is 3.04. The molecule has 2 aliphatic rings. The molecule has 1 aromatic rings. The van der Waals surface area contributed by atoms with Crippen molar-refractivity contribution in [1.29, 1.82) is 0 Å². The summed E-state index contributed by atoms with van der Waals surface area (Å²) < 4.78 is 3.56. The first kappa shape index (κ1) is 9.85. The Bertz CT molecular complexity index is 351. The third-order valence-corrected chi connectivity index (χ3v) is 3.95. The molecule has 1 atom stereocenters. The zero-order valence-electron chi connectivity index (χ0n) is 8.75. The Morgan fingerprint density at radius 2 is 2.27 bits per heavy atom. The Balaban J connectivity index is 1.90. The highest BCUT2D eigenvalue weighted by atomic mass is 79.9. The molecule has 0 bridgehead atoms. The summed E-state index contributed by atoms with van der Waals surface area (Å²) >= 11 is 3.62. The number of hydrogen-bond acceptors (Lipinski definition) is 2. The van der Waals surface area contributed by atoms with Crippen molar-refractivity contribution < 1.29 is 0 Å². The third-order valence-electron chi connectivity index (χ3n) is 3.36. The predicted molar refractivity (Wildman–Crippen MR) is 63.0 cm³/mol. The van der Waals surface area contributed by atoms with E-state index in [2.05, 4.69) is 30.8 Å². The van der Waals surface area contributed by atoms with E-state index in [4.69, 9.17) is 0 Å². The number of nitrogens with one attached hydrogen (secondary N) is 1. The van der Waals surface area contributed by atoms with Gasteiger partial charge in [-0.1, -0.05) is 0 Å². The highest BCUT2D eigenvalue weighted by molar-refractivity contribution is 9.10. The highest BCUT2D eigenvalue weighted by Crippen LogP contribution is 2.41. The van der Waals surface area contributed by atoms with E-state index in [1.165, 1.54) is 38.1 Å². The molecule has 82 valence electrons. The van der Waals surface area contributed by atoms with Gasteiger partial charge in [-0.3, -0.25) is 0 Å². The summed E-state index contributed by atoms with van der Waals surface area (Å²) in [6, 6.07) is 0.603. The first-order valence-corrected chi connectivity index (χ1v) is 6.59. The van der Waals surface area contributed by atoms with Crippen LogP contribution >= 0.6 is 15.9 Å². The molecule has 1 saturated heterocycles. The van der Waals surface area contributed by atoms with Gasteiger partial charge in [0.1, 0.15) is 10.4 Å². The number of halogens is 1. The van der Waals surface area contributed by atoms with Crippen molar-refractivity contribution in [1.82, 2.24) is 14.9 Å². The Morgan fingerprint density at radius 1 is 1.40 bits per heavy atom. The van der Waals surface area contributed by atoms with Crippen molar-refractivity contribution in [3.63, 3.8) is 0 Å². The van der Waals surface area contributed by atoms with Crippen molar-refractivity contribution in [2.24, 2.45) is 0 Å². The van der Waals surface area contributed by atoms with E-state index in [-0.39, 0.29) is 0 Å². The average molecular weight is 270 g/mol. The molecule has 2 fully saturated rings. The van der Waals surface area contributed by atoms with E-state index >= 15 is 0 Å². The fourth-order valence-electron chi connectivity index (χ4n) is 2.41. The van der Waals surface area contributed by atoms with E-state index in [1.54, 1.807) is 0 Å². The number of rotatable bonds is 2. The van der Waals surface area contributed by atoms with Crippen molar-refractivity contribution in [3.05, 3.63) is 16.6 Å². The molecule has 15 heavy (non-hydrogen) atoms. The summed E-state index contributed by atoms with van der Waals surface area (Å²) in [4.78, 5) is 4.54. The minimum Gasteiger partial charge on any atom is -0.318 e. The van der Waals surface area contributed by atoms with Gasteiger partial charge in [0.25, 0.3) is 0 Å². The lowest BCUT2D eigenvalue weighted by Crippen LogP contribution is -2.32. The van der Waals surface area contributed by atoms with E-state index < -0.39 is 0 Å². The second-order valence-corrected chi connectivity index (χ2v) is 5.40. The van der Waals surface area contributed by atoms with Gasteiger partial charge in [0.15, 0.2) is 0 Å². The molecule has 2 heterocycles. The van der Waals surface area contributed by atoms with Crippen molar-refractivity contribution in [2.75, 3.05) is 13.1 Å². The van der Waals surface area contributed by atoms with E-state index in [9.17, 15) is 0 Å². The van der Waals surface area contributed by atoms with Crippen LogP contribution in [0.5, 0.6) is 0 Å².